The monoisotopic (exact) mass is 248 g/mol. The first-order valence-corrected chi connectivity index (χ1v) is 4.69. The van der Waals surface area contributed by atoms with Crippen LogP contribution < -0.4 is 5.73 Å². The van der Waals surface area contributed by atoms with Crippen LogP contribution in [-0.4, -0.2) is 31.1 Å². The van der Waals surface area contributed by atoms with E-state index in [1.54, 1.807) is 0 Å². The highest BCUT2D eigenvalue weighted by atomic mass is 19.4. The number of ether oxygens (including phenoxy) is 1. The van der Waals surface area contributed by atoms with Gasteiger partial charge in [0, 0.05) is 12.0 Å². The highest BCUT2D eigenvalue weighted by molar-refractivity contribution is 6.00. The molecule has 0 spiro atoms. The number of alkyl halides is 3. The van der Waals surface area contributed by atoms with Crippen molar-refractivity contribution in [2.75, 3.05) is 7.11 Å². The number of hydrogen-bond acceptors (Lipinski definition) is 4. The van der Waals surface area contributed by atoms with E-state index >= 15 is 0 Å². The predicted octanol–water partition coefficient (Wildman–Crippen LogP) is 1.19. The van der Waals surface area contributed by atoms with Gasteiger partial charge in [-0.2, -0.15) is 13.2 Å². The third kappa shape index (κ3) is 3.70. The molecular weight excluding hydrogens is 237 g/mol. The lowest BCUT2D eigenvalue weighted by molar-refractivity contribution is -0.134. The number of esters is 1. The molecule has 7 heteroatoms. The maximum Gasteiger partial charge on any atom is 0.432 e. The van der Waals surface area contributed by atoms with Crippen molar-refractivity contribution in [3.8, 4) is 0 Å². The first-order chi connectivity index (χ1) is 7.84. The molecule has 1 heterocycles. The summed E-state index contributed by atoms with van der Waals surface area (Å²) in [6.45, 7) is 0. The van der Waals surface area contributed by atoms with E-state index in [9.17, 15) is 18.0 Å². The van der Waals surface area contributed by atoms with Crippen LogP contribution in [0, 0.1) is 5.92 Å². The average molecular weight is 248 g/mol. The molecule has 0 aromatic carbocycles. The summed E-state index contributed by atoms with van der Waals surface area (Å²) < 4.78 is 41.2. The maximum absolute atomic E-state index is 12.3. The summed E-state index contributed by atoms with van der Waals surface area (Å²) in [5.74, 6) is -1.16. The van der Waals surface area contributed by atoms with Gasteiger partial charge in [0.25, 0.3) is 0 Å². The third-order valence-corrected chi connectivity index (χ3v) is 2.10. The van der Waals surface area contributed by atoms with Crippen LogP contribution in [0.3, 0.4) is 0 Å². The van der Waals surface area contributed by atoms with Gasteiger partial charge in [0.05, 0.1) is 7.11 Å². The van der Waals surface area contributed by atoms with Crippen molar-refractivity contribution in [1.82, 2.24) is 0 Å². The first kappa shape index (κ1) is 13.4. The molecule has 94 valence electrons. The Hall–Kier alpha value is -1.63. The number of methoxy groups -OCH3 is 1. The van der Waals surface area contributed by atoms with E-state index in [0.717, 1.165) is 12.2 Å². The van der Waals surface area contributed by atoms with Crippen LogP contribution in [0.25, 0.3) is 0 Å². The van der Waals surface area contributed by atoms with Crippen molar-refractivity contribution in [2.45, 2.75) is 12.3 Å². The van der Waals surface area contributed by atoms with Gasteiger partial charge in [0.1, 0.15) is 11.9 Å². The fourth-order valence-electron chi connectivity index (χ4n) is 1.21. The molecule has 0 radical (unpaired) electrons. The van der Waals surface area contributed by atoms with E-state index in [1.807, 2.05) is 0 Å². The summed E-state index contributed by atoms with van der Waals surface area (Å²) in [6.07, 6.45) is -1.02. The minimum absolute atomic E-state index is 0.555. The number of nitrogens with zero attached hydrogens (tertiary/aromatic N) is 1. The number of hydrogen-bond donors (Lipinski definition) is 1. The maximum atomic E-state index is 12.3. The minimum atomic E-state index is -4.51. The van der Waals surface area contributed by atoms with E-state index in [-0.39, 0.29) is 0 Å². The van der Waals surface area contributed by atoms with Crippen LogP contribution in [0.2, 0.25) is 0 Å². The quantitative estimate of drug-likeness (QED) is 0.589. The molecule has 0 fully saturated rings. The molecule has 2 atom stereocenters. The Morgan fingerprint density at radius 3 is 2.71 bits per heavy atom. The lowest BCUT2D eigenvalue weighted by atomic mass is 10.0. The first-order valence-electron chi connectivity index (χ1n) is 4.69. The normalized spacial score (nSPS) is 24.9. The molecule has 0 saturated carbocycles. The second-order valence-electron chi connectivity index (χ2n) is 3.32. The van der Waals surface area contributed by atoms with Crippen LogP contribution in [0.4, 0.5) is 13.2 Å². The number of halogens is 3. The number of dihydropyridines is 1. The SMILES string of the molecule is COC(=O)/C=C/C1C=CC(C(F)(F)F)=NC1N. The van der Waals surface area contributed by atoms with Crippen LogP contribution in [-0.2, 0) is 9.53 Å². The molecular formula is C10H11F3N2O2. The zero-order valence-corrected chi connectivity index (χ0v) is 8.94. The molecule has 0 aliphatic carbocycles. The number of aliphatic imine (C=N–C) groups is 1. The molecule has 2 unspecified atom stereocenters. The van der Waals surface area contributed by atoms with Gasteiger partial charge in [-0.15, -0.1) is 0 Å². The number of rotatable bonds is 2. The van der Waals surface area contributed by atoms with Gasteiger partial charge in [0.15, 0.2) is 0 Å². The average Bonchev–Trinajstić information content (AvgIpc) is 2.25. The van der Waals surface area contributed by atoms with E-state index < -0.39 is 29.9 Å². The predicted molar refractivity (Wildman–Crippen MR) is 55.3 cm³/mol. The van der Waals surface area contributed by atoms with Crippen molar-refractivity contribution < 1.29 is 22.7 Å². The minimum Gasteiger partial charge on any atom is -0.466 e. The van der Waals surface area contributed by atoms with Crippen molar-refractivity contribution in [1.29, 1.82) is 0 Å². The van der Waals surface area contributed by atoms with E-state index in [4.69, 9.17) is 5.73 Å². The Bertz CT molecular complexity index is 386. The van der Waals surface area contributed by atoms with Gasteiger partial charge in [-0.1, -0.05) is 12.2 Å². The van der Waals surface area contributed by atoms with Gasteiger partial charge in [-0.05, 0) is 6.08 Å². The van der Waals surface area contributed by atoms with Crippen LogP contribution in [0.15, 0.2) is 29.3 Å². The number of carbonyl (C=O) groups is 1. The summed E-state index contributed by atoms with van der Waals surface area (Å²) in [6, 6.07) is 0. The smallest absolute Gasteiger partial charge is 0.432 e. The number of carbonyl (C=O) groups excluding carboxylic acids is 1. The van der Waals surface area contributed by atoms with Crippen LogP contribution in [0.5, 0.6) is 0 Å². The molecule has 2 N–H and O–H groups in total. The highest BCUT2D eigenvalue weighted by Gasteiger charge is 2.36. The lowest BCUT2D eigenvalue weighted by Crippen LogP contribution is -2.34. The Kier molecular flexibility index (Phi) is 4.06. The van der Waals surface area contributed by atoms with Gasteiger partial charge in [-0.25, -0.2) is 4.79 Å². The lowest BCUT2D eigenvalue weighted by Gasteiger charge is -2.20. The van der Waals surface area contributed by atoms with E-state index in [2.05, 4.69) is 9.73 Å². The van der Waals surface area contributed by atoms with Gasteiger partial charge >= 0.3 is 12.1 Å². The van der Waals surface area contributed by atoms with Crippen molar-refractivity contribution in [3.05, 3.63) is 24.3 Å². The summed E-state index contributed by atoms with van der Waals surface area (Å²) >= 11 is 0. The Labute approximate surface area is 95.6 Å². The molecule has 0 aromatic heterocycles. The standard InChI is InChI=1S/C10H11F3N2O2/c1-17-8(16)5-3-6-2-4-7(10(11,12)13)15-9(6)14/h2-6,9H,14H2,1H3/b5-3+. The van der Waals surface area contributed by atoms with E-state index in [0.29, 0.717) is 0 Å². The molecule has 1 rings (SSSR count). The Morgan fingerprint density at radius 2 is 2.24 bits per heavy atom. The number of allylic oxidation sites excluding steroid dienone is 1. The summed E-state index contributed by atoms with van der Waals surface area (Å²) in [4.78, 5) is 14.1. The molecule has 0 aromatic rings. The fourth-order valence-corrected chi connectivity index (χ4v) is 1.21. The molecule has 4 nitrogen and oxygen atoms in total. The summed E-state index contributed by atoms with van der Waals surface area (Å²) in [7, 11) is 1.20. The molecule has 0 saturated heterocycles. The molecule has 1 aliphatic heterocycles. The number of nitrogens with two attached hydrogens (primary N) is 1. The van der Waals surface area contributed by atoms with Crippen molar-refractivity contribution >= 4 is 11.7 Å². The van der Waals surface area contributed by atoms with E-state index in [1.165, 1.54) is 19.3 Å². The zero-order chi connectivity index (χ0) is 13.1. The third-order valence-electron chi connectivity index (χ3n) is 2.10. The summed E-state index contributed by atoms with van der Waals surface area (Å²) in [5.41, 5.74) is 4.43. The Balaban J connectivity index is 2.73. The van der Waals surface area contributed by atoms with Gasteiger partial charge in [-0.3, -0.25) is 4.99 Å². The topological polar surface area (TPSA) is 64.7 Å². The van der Waals surface area contributed by atoms with Crippen molar-refractivity contribution in [3.63, 3.8) is 0 Å². The second-order valence-corrected chi connectivity index (χ2v) is 3.32. The molecule has 0 amide bonds. The Morgan fingerprint density at radius 1 is 1.59 bits per heavy atom. The van der Waals surface area contributed by atoms with Crippen LogP contribution >= 0.6 is 0 Å². The van der Waals surface area contributed by atoms with Crippen molar-refractivity contribution in [2.24, 2.45) is 16.6 Å². The fraction of sp³-hybridized carbons (Fsp3) is 0.400. The van der Waals surface area contributed by atoms with Gasteiger partial charge in [0.2, 0.25) is 0 Å². The second kappa shape index (κ2) is 5.13. The molecule has 1 aliphatic rings. The highest BCUT2D eigenvalue weighted by Crippen LogP contribution is 2.23. The molecule has 0 bridgehead atoms. The summed E-state index contributed by atoms with van der Waals surface area (Å²) in [5, 5.41) is 0. The molecule has 17 heavy (non-hydrogen) atoms. The van der Waals surface area contributed by atoms with Crippen LogP contribution in [0.1, 0.15) is 0 Å². The zero-order valence-electron chi connectivity index (χ0n) is 8.94. The van der Waals surface area contributed by atoms with Gasteiger partial charge < -0.3 is 10.5 Å². The largest absolute Gasteiger partial charge is 0.466 e.